The molecule has 2 heterocycles. The van der Waals surface area contributed by atoms with Gasteiger partial charge in [-0.05, 0) is 66.9 Å². The SMILES string of the molecule is CCOC(=O)C1=C(C)N=c2s/c(=C\c3c(OCc4ccccc4)ccc4ccccc34)c(=O)n2[C@@H]1c1ccc(OC)c(OCC)c1. The van der Waals surface area contributed by atoms with Crippen molar-refractivity contribution < 1.29 is 23.7 Å². The summed E-state index contributed by atoms with van der Waals surface area (Å²) in [5.41, 5.74) is 3.01. The zero-order valence-corrected chi connectivity index (χ0v) is 26.9. The van der Waals surface area contributed by atoms with E-state index in [1.165, 1.54) is 11.3 Å². The fourth-order valence-corrected chi connectivity index (χ4v) is 6.68. The number of nitrogens with zero attached hydrogens (tertiary/aromatic N) is 2. The van der Waals surface area contributed by atoms with E-state index in [2.05, 4.69) is 0 Å². The molecule has 9 heteroatoms. The number of esters is 1. The third kappa shape index (κ3) is 5.93. The monoisotopic (exact) mass is 634 g/mol. The molecule has 0 saturated heterocycles. The first-order valence-corrected chi connectivity index (χ1v) is 15.9. The van der Waals surface area contributed by atoms with Crippen LogP contribution in [-0.4, -0.2) is 30.9 Å². The molecule has 1 atom stereocenters. The largest absolute Gasteiger partial charge is 0.493 e. The maximum Gasteiger partial charge on any atom is 0.338 e. The van der Waals surface area contributed by atoms with Crippen LogP contribution in [0, 0.1) is 0 Å². The zero-order valence-electron chi connectivity index (χ0n) is 26.1. The van der Waals surface area contributed by atoms with E-state index >= 15 is 0 Å². The van der Waals surface area contributed by atoms with Crippen molar-refractivity contribution in [2.24, 2.45) is 4.99 Å². The summed E-state index contributed by atoms with van der Waals surface area (Å²) in [6.45, 7) is 6.38. The van der Waals surface area contributed by atoms with Crippen molar-refractivity contribution in [2.75, 3.05) is 20.3 Å². The highest BCUT2D eigenvalue weighted by Crippen LogP contribution is 2.36. The van der Waals surface area contributed by atoms with Crippen molar-refractivity contribution in [3.05, 3.63) is 133 Å². The van der Waals surface area contributed by atoms with E-state index in [9.17, 15) is 9.59 Å². The molecule has 4 aromatic carbocycles. The van der Waals surface area contributed by atoms with Gasteiger partial charge in [0, 0.05) is 5.56 Å². The summed E-state index contributed by atoms with van der Waals surface area (Å²) < 4.78 is 25.2. The molecule has 0 amide bonds. The van der Waals surface area contributed by atoms with Gasteiger partial charge in [-0.3, -0.25) is 9.36 Å². The van der Waals surface area contributed by atoms with Crippen LogP contribution in [-0.2, 0) is 16.1 Å². The minimum Gasteiger partial charge on any atom is -0.493 e. The smallest absolute Gasteiger partial charge is 0.338 e. The number of methoxy groups -OCH3 is 1. The molecule has 0 unspecified atom stereocenters. The van der Waals surface area contributed by atoms with E-state index in [0.29, 0.717) is 56.6 Å². The molecule has 46 heavy (non-hydrogen) atoms. The second kappa shape index (κ2) is 13.5. The Kier molecular flexibility index (Phi) is 9.03. The van der Waals surface area contributed by atoms with Crippen LogP contribution in [0.5, 0.6) is 17.2 Å². The number of ether oxygens (including phenoxy) is 4. The first-order valence-electron chi connectivity index (χ1n) is 15.1. The van der Waals surface area contributed by atoms with Gasteiger partial charge in [-0.15, -0.1) is 0 Å². The molecule has 5 aromatic rings. The number of hydrogen-bond acceptors (Lipinski definition) is 8. The topological polar surface area (TPSA) is 88.4 Å². The number of aromatic nitrogens is 1. The van der Waals surface area contributed by atoms with Crippen LogP contribution in [0.4, 0.5) is 0 Å². The lowest BCUT2D eigenvalue weighted by atomic mass is 9.95. The van der Waals surface area contributed by atoms with Crippen LogP contribution in [0.15, 0.2) is 106 Å². The van der Waals surface area contributed by atoms with Gasteiger partial charge in [0.2, 0.25) is 0 Å². The molecule has 8 nitrogen and oxygen atoms in total. The van der Waals surface area contributed by atoms with Gasteiger partial charge < -0.3 is 18.9 Å². The summed E-state index contributed by atoms with van der Waals surface area (Å²) in [5, 5.41) is 1.98. The van der Waals surface area contributed by atoms with Gasteiger partial charge in [0.1, 0.15) is 12.4 Å². The van der Waals surface area contributed by atoms with Crippen molar-refractivity contribution >= 4 is 34.2 Å². The van der Waals surface area contributed by atoms with Crippen LogP contribution in [0.1, 0.15) is 43.5 Å². The molecule has 1 aliphatic heterocycles. The molecule has 0 spiro atoms. The zero-order chi connectivity index (χ0) is 32.2. The van der Waals surface area contributed by atoms with Gasteiger partial charge in [-0.25, -0.2) is 9.79 Å². The lowest BCUT2D eigenvalue weighted by Gasteiger charge is -2.25. The number of carbonyl (C=O) groups is 1. The molecule has 0 saturated carbocycles. The Labute approximate surface area is 270 Å². The minimum absolute atomic E-state index is 0.187. The summed E-state index contributed by atoms with van der Waals surface area (Å²) in [7, 11) is 1.57. The second-order valence-electron chi connectivity index (χ2n) is 10.6. The Morgan fingerprint density at radius 2 is 1.67 bits per heavy atom. The number of hydrogen-bond donors (Lipinski definition) is 0. The highest BCUT2D eigenvalue weighted by Gasteiger charge is 2.34. The van der Waals surface area contributed by atoms with E-state index in [0.717, 1.165) is 21.9 Å². The quantitative estimate of drug-likeness (QED) is 0.177. The summed E-state index contributed by atoms with van der Waals surface area (Å²) in [4.78, 5) is 33.0. The molecule has 0 N–H and O–H groups in total. The first-order chi connectivity index (χ1) is 22.4. The van der Waals surface area contributed by atoms with E-state index in [-0.39, 0.29) is 12.2 Å². The maximum absolute atomic E-state index is 14.4. The predicted octanol–water partition coefficient (Wildman–Crippen LogP) is 5.94. The molecule has 0 fully saturated rings. The fraction of sp³-hybridized carbons (Fsp3) is 0.216. The molecule has 6 rings (SSSR count). The average molecular weight is 635 g/mol. The summed E-state index contributed by atoms with van der Waals surface area (Å²) in [5.74, 6) is 1.20. The van der Waals surface area contributed by atoms with Gasteiger partial charge in [0.25, 0.3) is 5.56 Å². The molecule has 0 radical (unpaired) electrons. The van der Waals surface area contributed by atoms with Gasteiger partial charge in [-0.1, -0.05) is 78.1 Å². The Bertz CT molecular complexity index is 2130. The summed E-state index contributed by atoms with van der Waals surface area (Å²) >= 11 is 1.27. The molecule has 0 aliphatic carbocycles. The third-order valence-corrected chi connectivity index (χ3v) is 8.75. The minimum atomic E-state index is -0.788. The second-order valence-corrected chi connectivity index (χ2v) is 11.6. The van der Waals surface area contributed by atoms with Crippen molar-refractivity contribution in [1.82, 2.24) is 4.57 Å². The van der Waals surface area contributed by atoms with Crippen molar-refractivity contribution in [3.8, 4) is 17.2 Å². The van der Waals surface area contributed by atoms with Gasteiger partial charge >= 0.3 is 5.97 Å². The Morgan fingerprint density at radius 3 is 2.43 bits per heavy atom. The van der Waals surface area contributed by atoms with Crippen LogP contribution in [0.2, 0.25) is 0 Å². The Balaban J connectivity index is 1.54. The van der Waals surface area contributed by atoms with E-state index in [1.807, 2.05) is 91.9 Å². The van der Waals surface area contributed by atoms with Crippen molar-refractivity contribution in [2.45, 2.75) is 33.4 Å². The van der Waals surface area contributed by atoms with Gasteiger partial charge in [-0.2, -0.15) is 0 Å². The normalized spacial score (nSPS) is 14.5. The van der Waals surface area contributed by atoms with Gasteiger partial charge in [0.15, 0.2) is 16.3 Å². The van der Waals surface area contributed by atoms with Crippen LogP contribution in [0.3, 0.4) is 0 Å². The van der Waals surface area contributed by atoms with E-state index < -0.39 is 12.0 Å². The highest BCUT2D eigenvalue weighted by atomic mass is 32.1. The van der Waals surface area contributed by atoms with Crippen LogP contribution in [0.25, 0.3) is 16.8 Å². The van der Waals surface area contributed by atoms with Crippen LogP contribution < -0.4 is 29.1 Å². The maximum atomic E-state index is 14.4. The summed E-state index contributed by atoms with van der Waals surface area (Å²) in [6.07, 6.45) is 1.87. The number of benzene rings is 4. The average Bonchev–Trinajstić information content (AvgIpc) is 3.38. The lowest BCUT2D eigenvalue weighted by Crippen LogP contribution is -2.40. The molecular weight excluding hydrogens is 600 g/mol. The van der Waals surface area contributed by atoms with Crippen LogP contribution >= 0.6 is 11.3 Å². The molecule has 234 valence electrons. The highest BCUT2D eigenvalue weighted by molar-refractivity contribution is 7.07. The van der Waals surface area contributed by atoms with Crippen molar-refractivity contribution in [1.29, 1.82) is 0 Å². The number of allylic oxidation sites excluding steroid dienone is 1. The number of carbonyl (C=O) groups excluding carboxylic acids is 1. The van der Waals surface area contributed by atoms with Crippen molar-refractivity contribution in [3.63, 3.8) is 0 Å². The number of rotatable bonds is 10. The molecule has 1 aliphatic rings. The number of fused-ring (bicyclic) bond motifs is 2. The Hall–Kier alpha value is -5.15. The Morgan fingerprint density at radius 1 is 0.913 bits per heavy atom. The molecule has 1 aromatic heterocycles. The van der Waals surface area contributed by atoms with E-state index in [1.54, 1.807) is 31.6 Å². The predicted molar refractivity (Wildman–Crippen MR) is 179 cm³/mol. The standard InChI is InChI=1S/C37H34N2O6S/c1-5-43-31-20-26(17-19-30(31)42-4)34-33(36(41)44-6-2)23(3)38-37-39(34)35(40)32(46-37)21-28-27-15-11-10-14-25(27)16-18-29(28)45-22-24-12-8-7-9-13-24/h7-21,34H,5-6,22H2,1-4H3/b32-21-/t34-/m1/s1. The first kappa shape index (κ1) is 30.9. The lowest BCUT2D eigenvalue weighted by molar-refractivity contribution is -0.139. The third-order valence-electron chi connectivity index (χ3n) is 7.76. The van der Waals surface area contributed by atoms with Gasteiger partial charge in [0.05, 0.1) is 42.2 Å². The molecule has 0 bridgehead atoms. The molecular formula is C37H34N2O6S. The van der Waals surface area contributed by atoms with E-state index in [4.69, 9.17) is 23.9 Å². The fourth-order valence-electron chi connectivity index (χ4n) is 5.66. The summed E-state index contributed by atoms with van der Waals surface area (Å²) in [6, 6.07) is 26.5. The number of thiazole rings is 1.